The summed E-state index contributed by atoms with van der Waals surface area (Å²) < 4.78 is 18.4. The first-order chi connectivity index (χ1) is 14.5. The summed E-state index contributed by atoms with van der Waals surface area (Å²) in [6, 6.07) is 17.5. The van der Waals surface area contributed by atoms with E-state index < -0.39 is 0 Å². The fraction of sp³-hybridized carbons (Fsp3) is 0.167. The molecule has 0 unspecified atom stereocenters. The fourth-order valence-electron chi connectivity index (χ4n) is 3.50. The van der Waals surface area contributed by atoms with Crippen LogP contribution in [0.25, 0.3) is 27.8 Å². The number of aromatic nitrogens is 2. The number of ketones is 1. The van der Waals surface area contributed by atoms with E-state index in [-0.39, 0.29) is 5.78 Å². The Labute approximate surface area is 174 Å². The molecule has 152 valence electrons. The molecule has 1 aromatic heterocycles. The van der Waals surface area contributed by atoms with Crippen LogP contribution in [0.15, 0.2) is 60.9 Å². The van der Waals surface area contributed by atoms with Gasteiger partial charge in [-0.05, 0) is 30.2 Å². The highest BCUT2D eigenvalue weighted by atomic mass is 16.5. The lowest BCUT2D eigenvalue weighted by Gasteiger charge is -2.15. The number of hydrogen-bond donors (Lipinski definition) is 0. The number of imidazole rings is 1. The molecule has 0 aliphatic heterocycles. The third-order valence-corrected chi connectivity index (χ3v) is 5.10. The Morgan fingerprint density at radius 1 is 0.833 bits per heavy atom. The lowest BCUT2D eigenvalue weighted by atomic mass is 10.0. The van der Waals surface area contributed by atoms with Crippen molar-refractivity contribution in [3.63, 3.8) is 0 Å². The average molecular weight is 402 g/mol. The van der Waals surface area contributed by atoms with Crippen molar-refractivity contribution in [1.29, 1.82) is 0 Å². The number of Topliss-reactive ketones (excluding diaryl/α,β-unsaturated/α-hetero) is 1. The number of fused-ring (bicyclic) bond motifs is 1. The van der Waals surface area contributed by atoms with Gasteiger partial charge in [0.15, 0.2) is 17.3 Å². The van der Waals surface area contributed by atoms with Gasteiger partial charge in [-0.2, -0.15) is 0 Å². The lowest BCUT2D eigenvalue weighted by molar-refractivity contribution is 0.101. The van der Waals surface area contributed by atoms with Crippen molar-refractivity contribution in [1.82, 2.24) is 9.55 Å². The summed E-state index contributed by atoms with van der Waals surface area (Å²) >= 11 is 0. The molecule has 4 rings (SSSR count). The molecule has 0 aliphatic carbocycles. The summed E-state index contributed by atoms with van der Waals surface area (Å²) in [5, 5.41) is 0. The van der Waals surface area contributed by atoms with E-state index in [1.165, 1.54) is 0 Å². The number of nitrogens with zero attached hydrogens (tertiary/aromatic N) is 2. The quantitative estimate of drug-likeness (QED) is 0.428. The van der Waals surface area contributed by atoms with Gasteiger partial charge in [-0.1, -0.05) is 30.3 Å². The molecule has 0 saturated carbocycles. The minimum absolute atomic E-state index is 0.0532. The zero-order chi connectivity index (χ0) is 21.3. The number of benzene rings is 3. The van der Waals surface area contributed by atoms with E-state index in [0.29, 0.717) is 22.8 Å². The van der Waals surface area contributed by atoms with E-state index >= 15 is 0 Å². The Morgan fingerprint density at radius 3 is 2.03 bits per heavy atom. The van der Waals surface area contributed by atoms with Crippen LogP contribution in [0.4, 0.5) is 0 Å². The van der Waals surface area contributed by atoms with Crippen LogP contribution in [0.1, 0.15) is 17.3 Å². The van der Waals surface area contributed by atoms with Crippen molar-refractivity contribution in [2.45, 2.75) is 6.92 Å². The molecule has 1 heterocycles. The highest BCUT2D eigenvalue weighted by molar-refractivity contribution is 5.94. The predicted octanol–water partition coefficient (Wildman–Crippen LogP) is 4.92. The zero-order valence-corrected chi connectivity index (χ0v) is 17.3. The summed E-state index contributed by atoms with van der Waals surface area (Å²) in [5.74, 6) is 1.74. The first-order valence-corrected chi connectivity index (χ1v) is 9.44. The molecule has 6 nitrogen and oxygen atoms in total. The Hall–Kier alpha value is -3.80. The third-order valence-electron chi connectivity index (χ3n) is 5.10. The normalized spacial score (nSPS) is 10.8. The number of carbonyl (C=O) groups excluding carboxylic acids is 1. The van der Waals surface area contributed by atoms with Crippen LogP contribution in [0.3, 0.4) is 0 Å². The van der Waals surface area contributed by atoms with Crippen molar-refractivity contribution in [2.75, 3.05) is 21.3 Å². The summed E-state index contributed by atoms with van der Waals surface area (Å²) in [6.45, 7) is 1.57. The maximum atomic E-state index is 11.5. The molecule has 3 aromatic carbocycles. The van der Waals surface area contributed by atoms with Gasteiger partial charge in [0.25, 0.3) is 0 Å². The Bertz CT molecular complexity index is 1200. The second-order valence-electron chi connectivity index (χ2n) is 6.84. The van der Waals surface area contributed by atoms with Crippen LogP contribution in [-0.4, -0.2) is 36.7 Å². The smallest absolute Gasteiger partial charge is 0.203 e. The first-order valence-electron chi connectivity index (χ1n) is 9.44. The van der Waals surface area contributed by atoms with Crippen molar-refractivity contribution >= 4 is 16.8 Å². The number of rotatable bonds is 6. The third kappa shape index (κ3) is 3.37. The van der Waals surface area contributed by atoms with E-state index in [1.54, 1.807) is 34.6 Å². The molecule has 0 radical (unpaired) electrons. The van der Waals surface area contributed by atoms with Crippen LogP contribution in [-0.2, 0) is 0 Å². The van der Waals surface area contributed by atoms with E-state index in [0.717, 1.165) is 27.8 Å². The average Bonchev–Trinajstić information content (AvgIpc) is 3.21. The summed E-state index contributed by atoms with van der Waals surface area (Å²) in [4.78, 5) is 16.1. The topological polar surface area (TPSA) is 62.6 Å². The van der Waals surface area contributed by atoms with Gasteiger partial charge in [0.05, 0.1) is 38.1 Å². The molecule has 4 aromatic rings. The van der Waals surface area contributed by atoms with Crippen LogP contribution >= 0.6 is 0 Å². The minimum atomic E-state index is 0.0532. The van der Waals surface area contributed by atoms with Crippen molar-refractivity contribution in [3.8, 4) is 34.1 Å². The van der Waals surface area contributed by atoms with Crippen molar-refractivity contribution < 1.29 is 19.0 Å². The lowest BCUT2D eigenvalue weighted by Crippen LogP contribution is -1.99. The number of hydrogen-bond acceptors (Lipinski definition) is 5. The Balaban J connectivity index is 1.83. The summed E-state index contributed by atoms with van der Waals surface area (Å²) in [5.41, 5.74) is 5.41. The second kappa shape index (κ2) is 7.91. The molecule has 0 atom stereocenters. The molecular formula is C24H22N2O4. The van der Waals surface area contributed by atoms with Gasteiger partial charge in [0.2, 0.25) is 5.75 Å². The highest BCUT2D eigenvalue weighted by Gasteiger charge is 2.16. The van der Waals surface area contributed by atoms with Crippen LogP contribution in [0.2, 0.25) is 0 Å². The number of methoxy groups -OCH3 is 3. The van der Waals surface area contributed by atoms with Gasteiger partial charge in [0, 0.05) is 17.7 Å². The molecule has 0 amide bonds. The van der Waals surface area contributed by atoms with Gasteiger partial charge >= 0.3 is 0 Å². The van der Waals surface area contributed by atoms with Gasteiger partial charge < -0.3 is 14.2 Å². The Morgan fingerprint density at radius 2 is 1.47 bits per heavy atom. The minimum Gasteiger partial charge on any atom is -0.493 e. The maximum absolute atomic E-state index is 11.5. The number of carbonyl (C=O) groups is 1. The van der Waals surface area contributed by atoms with Crippen molar-refractivity contribution in [3.05, 3.63) is 66.5 Å². The van der Waals surface area contributed by atoms with Crippen molar-refractivity contribution in [2.24, 2.45) is 0 Å². The number of ether oxygens (including phenoxy) is 3. The largest absolute Gasteiger partial charge is 0.493 e. The monoisotopic (exact) mass is 402 g/mol. The highest BCUT2D eigenvalue weighted by Crippen LogP contribution is 2.40. The molecule has 0 spiro atoms. The molecule has 0 bridgehead atoms. The van der Waals surface area contributed by atoms with E-state index in [1.807, 2.05) is 53.1 Å². The SMILES string of the molecule is COc1cc(-n2cnc3ccc(-c4ccc(C(C)=O)cc4)cc32)cc(OC)c1OC. The van der Waals surface area contributed by atoms with Gasteiger partial charge in [0.1, 0.15) is 6.33 Å². The second-order valence-corrected chi connectivity index (χ2v) is 6.84. The maximum Gasteiger partial charge on any atom is 0.203 e. The Kier molecular flexibility index (Phi) is 5.14. The van der Waals surface area contributed by atoms with Crippen LogP contribution in [0.5, 0.6) is 17.2 Å². The fourth-order valence-corrected chi connectivity index (χ4v) is 3.50. The van der Waals surface area contributed by atoms with Gasteiger partial charge in [-0.3, -0.25) is 9.36 Å². The van der Waals surface area contributed by atoms with E-state index in [4.69, 9.17) is 14.2 Å². The van der Waals surface area contributed by atoms with Gasteiger partial charge in [-0.25, -0.2) is 4.98 Å². The molecule has 0 fully saturated rings. The van der Waals surface area contributed by atoms with Gasteiger partial charge in [-0.15, -0.1) is 0 Å². The first kappa shape index (κ1) is 19.5. The molecule has 0 N–H and O–H groups in total. The predicted molar refractivity (Wildman–Crippen MR) is 116 cm³/mol. The molecule has 0 aliphatic rings. The zero-order valence-electron chi connectivity index (χ0n) is 17.3. The molecular weight excluding hydrogens is 380 g/mol. The van der Waals surface area contributed by atoms with Crippen LogP contribution < -0.4 is 14.2 Å². The van der Waals surface area contributed by atoms with E-state index in [2.05, 4.69) is 11.1 Å². The summed E-state index contributed by atoms with van der Waals surface area (Å²) in [6.07, 6.45) is 1.77. The molecule has 0 saturated heterocycles. The van der Waals surface area contributed by atoms with Crippen LogP contribution in [0, 0.1) is 0 Å². The van der Waals surface area contributed by atoms with E-state index in [9.17, 15) is 4.79 Å². The molecule has 30 heavy (non-hydrogen) atoms. The standard InChI is InChI=1S/C24H22N2O4/c1-15(27)16-5-7-17(8-6-16)18-9-10-20-21(11-18)26(14-25-20)19-12-22(28-2)24(30-4)23(13-19)29-3/h5-14H,1-4H3. The summed E-state index contributed by atoms with van der Waals surface area (Å²) in [7, 11) is 4.77. The molecule has 6 heteroatoms.